The zero-order valence-electron chi connectivity index (χ0n) is 12.7. The first-order valence-corrected chi connectivity index (χ1v) is 7.50. The summed E-state index contributed by atoms with van der Waals surface area (Å²) in [5, 5.41) is 0. The molecule has 6 nitrogen and oxygen atoms in total. The molecule has 1 amide bonds. The number of carbonyl (C=O) groups excluding carboxylic acids is 2. The van der Waals surface area contributed by atoms with Crippen LogP contribution in [0.2, 0.25) is 0 Å². The Balaban J connectivity index is 1.91. The van der Waals surface area contributed by atoms with Crippen molar-refractivity contribution in [3.63, 3.8) is 0 Å². The van der Waals surface area contributed by atoms with Crippen LogP contribution in [0.1, 0.15) is 25.3 Å². The fraction of sp³-hybridized carbons (Fsp3) is 0.500. The lowest BCUT2D eigenvalue weighted by Crippen LogP contribution is -2.44. The summed E-state index contributed by atoms with van der Waals surface area (Å²) in [6, 6.07) is 8.87. The van der Waals surface area contributed by atoms with E-state index in [4.69, 9.17) is 15.2 Å². The highest BCUT2D eigenvalue weighted by atomic mass is 16.6. The lowest BCUT2D eigenvalue weighted by Gasteiger charge is -2.25. The van der Waals surface area contributed by atoms with Crippen LogP contribution < -0.4 is 5.73 Å². The summed E-state index contributed by atoms with van der Waals surface area (Å²) in [6.07, 6.45) is 0.325. The van der Waals surface area contributed by atoms with Crippen LogP contribution in [0.3, 0.4) is 0 Å². The lowest BCUT2D eigenvalue weighted by molar-refractivity contribution is -0.144. The van der Waals surface area contributed by atoms with E-state index in [9.17, 15) is 9.59 Å². The van der Waals surface area contributed by atoms with Gasteiger partial charge in [-0.2, -0.15) is 0 Å². The number of hydrogen-bond donors (Lipinski definition) is 1. The van der Waals surface area contributed by atoms with E-state index in [1.807, 2.05) is 30.3 Å². The first-order chi connectivity index (χ1) is 10.6. The zero-order valence-corrected chi connectivity index (χ0v) is 12.7. The Kier molecular flexibility index (Phi) is 5.77. The normalized spacial score (nSPS) is 20.7. The quantitative estimate of drug-likeness (QED) is 0.837. The predicted octanol–water partition coefficient (Wildman–Crippen LogP) is 1.68. The molecule has 2 N–H and O–H groups in total. The molecule has 2 rings (SSSR count). The smallest absolute Gasteiger partial charge is 0.410 e. The molecular formula is C16H22N2O4. The Bertz CT molecular complexity index is 506. The monoisotopic (exact) mass is 306 g/mol. The number of hydrogen-bond acceptors (Lipinski definition) is 5. The van der Waals surface area contributed by atoms with Crippen molar-refractivity contribution in [2.45, 2.75) is 38.5 Å². The molecule has 1 fully saturated rings. The molecule has 0 aliphatic carbocycles. The van der Waals surface area contributed by atoms with Gasteiger partial charge in [-0.25, -0.2) is 4.79 Å². The summed E-state index contributed by atoms with van der Waals surface area (Å²) < 4.78 is 10.2. The SMILES string of the molecule is CCOC(=O)C[C@H]1[C@H](N)CCN1C(=O)OCc1ccccc1. The Labute approximate surface area is 130 Å². The molecule has 120 valence electrons. The van der Waals surface area contributed by atoms with Crippen molar-refractivity contribution < 1.29 is 19.1 Å². The summed E-state index contributed by atoms with van der Waals surface area (Å²) in [4.78, 5) is 25.4. The number of esters is 1. The van der Waals surface area contributed by atoms with Gasteiger partial charge in [-0.15, -0.1) is 0 Å². The van der Waals surface area contributed by atoms with Gasteiger partial charge in [-0.3, -0.25) is 4.79 Å². The second-order valence-corrected chi connectivity index (χ2v) is 5.26. The first-order valence-electron chi connectivity index (χ1n) is 7.50. The summed E-state index contributed by atoms with van der Waals surface area (Å²) in [7, 11) is 0. The molecule has 1 saturated heterocycles. The van der Waals surface area contributed by atoms with Gasteiger partial charge < -0.3 is 20.1 Å². The van der Waals surface area contributed by atoms with Crippen molar-refractivity contribution in [1.82, 2.24) is 4.90 Å². The number of rotatable bonds is 5. The summed E-state index contributed by atoms with van der Waals surface area (Å²) in [5.74, 6) is -0.342. The molecule has 1 aliphatic heterocycles. The molecule has 0 bridgehead atoms. The fourth-order valence-corrected chi connectivity index (χ4v) is 2.56. The summed E-state index contributed by atoms with van der Waals surface area (Å²) >= 11 is 0. The molecule has 0 saturated carbocycles. The number of ether oxygens (including phenoxy) is 2. The third-order valence-corrected chi connectivity index (χ3v) is 3.72. The van der Waals surface area contributed by atoms with Gasteiger partial charge in [0, 0.05) is 12.6 Å². The number of likely N-dealkylation sites (tertiary alicyclic amines) is 1. The van der Waals surface area contributed by atoms with Crippen LogP contribution in [0.15, 0.2) is 30.3 Å². The first kappa shape index (κ1) is 16.3. The largest absolute Gasteiger partial charge is 0.466 e. The molecule has 0 radical (unpaired) electrons. The molecule has 0 unspecified atom stereocenters. The molecule has 22 heavy (non-hydrogen) atoms. The van der Waals surface area contributed by atoms with Gasteiger partial charge in [0.25, 0.3) is 0 Å². The highest BCUT2D eigenvalue weighted by Crippen LogP contribution is 2.21. The minimum atomic E-state index is -0.439. The third kappa shape index (κ3) is 4.21. The van der Waals surface area contributed by atoms with E-state index < -0.39 is 6.09 Å². The van der Waals surface area contributed by atoms with Crippen molar-refractivity contribution in [2.75, 3.05) is 13.2 Å². The highest BCUT2D eigenvalue weighted by Gasteiger charge is 2.37. The Morgan fingerprint density at radius 3 is 2.68 bits per heavy atom. The topological polar surface area (TPSA) is 81.9 Å². The Morgan fingerprint density at radius 1 is 1.27 bits per heavy atom. The van der Waals surface area contributed by atoms with Crippen LogP contribution >= 0.6 is 0 Å². The lowest BCUT2D eigenvalue weighted by atomic mass is 10.1. The molecule has 0 spiro atoms. The van der Waals surface area contributed by atoms with E-state index in [-0.39, 0.29) is 31.1 Å². The van der Waals surface area contributed by atoms with Crippen LogP contribution in [-0.2, 0) is 20.9 Å². The van der Waals surface area contributed by atoms with Gasteiger partial charge >= 0.3 is 12.1 Å². The maximum Gasteiger partial charge on any atom is 0.410 e. The maximum atomic E-state index is 12.2. The maximum absolute atomic E-state index is 12.2. The number of nitrogens with two attached hydrogens (primary N) is 1. The number of benzene rings is 1. The summed E-state index contributed by atoms with van der Waals surface area (Å²) in [5.41, 5.74) is 6.92. The van der Waals surface area contributed by atoms with Crippen LogP contribution in [0.4, 0.5) is 4.79 Å². The van der Waals surface area contributed by atoms with E-state index in [0.717, 1.165) is 5.56 Å². The average molecular weight is 306 g/mol. The molecule has 1 aromatic rings. The standard InChI is InChI=1S/C16H22N2O4/c1-2-21-15(19)10-14-13(17)8-9-18(14)16(20)22-11-12-6-4-3-5-7-12/h3-7,13-14H,2,8-11,17H2,1H3/t13-,14+/m1/s1. The van der Waals surface area contributed by atoms with E-state index in [1.165, 1.54) is 4.90 Å². The van der Waals surface area contributed by atoms with Gasteiger partial charge in [0.05, 0.1) is 19.1 Å². The van der Waals surface area contributed by atoms with E-state index in [0.29, 0.717) is 19.6 Å². The highest BCUT2D eigenvalue weighted by molar-refractivity contribution is 5.73. The van der Waals surface area contributed by atoms with Crippen LogP contribution in [0.25, 0.3) is 0 Å². The van der Waals surface area contributed by atoms with E-state index >= 15 is 0 Å². The number of amides is 1. The fourth-order valence-electron chi connectivity index (χ4n) is 2.56. The molecular weight excluding hydrogens is 284 g/mol. The van der Waals surface area contributed by atoms with Crippen molar-refractivity contribution in [2.24, 2.45) is 5.73 Å². The van der Waals surface area contributed by atoms with Gasteiger partial charge in [0.2, 0.25) is 0 Å². The number of nitrogens with zero attached hydrogens (tertiary/aromatic N) is 1. The van der Waals surface area contributed by atoms with Gasteiger partial charge in [-0.05, 0) is 18.9 Å². The molecule has 0 aromatic heterocycles. The molecule has 2 atom stereocenters. The minimum absolute atomic E-state index is 0.107. The molecule has 1 heterocycles. The van der Waals surface area contributed by atoms with Crippen LogP contribution in [-0.4, -0.2) is 42.2 Å². The van der Waals surface area contributed by atoms with Crippen LogP contribution in [0, 0.1) is 0 Å². The van der Waals surface area contributed by atoms with Crippen LogP contribution in [0.5, 0.6) is 0 Å². The third-order valence-electron chi connectivity index (χ3n) is 3.72. The van der Waals surface area contributed by atoms with Gasteiger partial charge in [0.1, 0.15) is 6.61 Å². The van der Waals surface area contributed by atoms with E-state index in [2.05, 4.69) is 0 Å². The molecule has 6 heteroatoms. The average Bonchev–Trinajstić information content (AvgIpc) is 2.87. The van der Waals surface area contributed by atoms with Gasteiger partial charge in [0.15, 0.2) is 0 Å². The van der Waals surface area contributed by atoms with E-state index in [1.54, 1.807) is 6.92 Å². The predicted molar refractivity (Wildman–Crippen MR) is 81.0 cm³/mol. The van der Waals surface area contributed by atoms with Crippen molar-refractivity contribution in [3.05, 3.63) is 35.9 Å². The second kappa shape index (κ2) is 7.79. The van der Waals surface area contributed by atoms with Crippen molar-refractivity contribution >= 4 is 12.1 Å². The van der Waals surface area contributed by atoms with Crippen molar-refractivity contribution in [1.29, 1.82) is 0 Å². The summed E-state index contributed by atoms with van der Waals surface area (Å²) in [6.45, 7) is 2.77. The zero-order chi connectivity index (χ0) is 15.9. The molecule has 1 aromatic carbocycles. The Hall–Kier alpha value is -2.08. The van der Waals surface area contributed by atoms with Gasteiger partial charge in [-0.1, -0.05) is 30.3 Å². The minimum Gasteiger partial charge on any atom is -0.466 e. The second-order valence-electron chi connectivity index (χ2n) is 5.26. The van der Waals surface area contributed by atoms with Crippen molar-refractivity contribution in [3.8, 4) is 0 Å². The Morgan fingerprint density at radius 2 is 2.00 bits per heavy atom. The number of carbonyl (C=O) groups is 2. The molecule has 1 aliphatic rings.